The minimum Gasteiger partial charge on any atom is -0.495 e. The molecule has 1 unspecified atom stereocenters. The van der Waals surface area contributed by atoms with E-state index in [9.17, 15) is 4.79 Å². The Morgan fingerprint density at radius 3 is 2.73 bits per heavy atom. The summed E-state index contributed by atoms with van der Waals surface area (Å²) in [6.45, 7) is 6.41. The number of rotatable bonds is 4. The van der Waals surface area contributed by atoms with Gasteiger partial charge in [-0.2, -0.15) is 0 Å². The minimum absolute atomic E-state index is 0.0171. The SMILES string of the molecule is COc1cc2c(cc1N1CCCC1)C(c1nc(C(C)C)cs1)CC(=O)N2. The van der Waals surface area contributed by atoms with Crippen LogP contribution in [-0.2, 0) is 4.79 Å². The Morgan fingerprint density at radius 2 is 2.08 bits per heavy atom. The summed E-state index contributed by atoms with van der Waals surface area (Å²) < 4.78 is 5.63. The molecule has 138 valence electrons. The van der Waals surface area contributed by atoms with Gasteiger partial charge in [-0.1, -0.05) is 13.8 Å². The van der Waals surface area contributed by atoms with Crippen LogP contribution in [-0.4, -0.2) is 31.1 Å². The molecule has 1 fully saturated rings. The van der Waals surface area contributed by atoms with Crippen LogP contribution in [0.2, 0.25) is 0 Å². The lowest BCUT2D eigenvalue weighted by Gasteiger charge is -2.28. The van der Waals surface area contributed by atoms with Crippen molar-refractivity contribution in [2.24, 2.45) is 0 Å². The lowest BCUT2D eigenvalue weighted by molar-refractivity contribution is -0.116. The van der Waals surface area contributed by atoms with Crippen LogP contribution in [0.3, 0.4) is 0 Å². The van der Waals surface area contributed by atoms with Crippen LogP contribution >= 0.6 is 11.3 Å². The van der Waals surface area contributed by atoms with E-state index in [1.54, 1.807) is 18.4 Å². The molecule has 1 N–H and O–H groups in total. The molecule has 3 heterocycles. The highest BCUT2D eigenvalue weighted by atomic mass is 32.1. The summed E-state index contributed by atoms with van der Waals surface area (Å²) in [4.78, 5) is 19.5. The van der Waals surface area contributed by atoms with Crippen molar-refractivity contribution in [1.82, 2.24) is 4.98 Å². The predicted octanol–water partition coefficient (Wildman–Crippen LogP) is 4.35. The third-order valence-corrected chi connectivity index (χ3v) is 6.24. The van der Waals surface area contributed by atoms with E-state index in [-0.39, 0.29) is 11.8 Å². The number of amides is 1. The van der Waals surface area contributed by atoms with Gasteiger partial charge in [0.25, 0.3) is 0 Å². The summed E-state index contributed by atoms with van der Waals surface area (Å²) >= 11 is 1.66. The Labute approximate surface area is 158 Å². The topological polar surface area (TPSA) is 54.5 Å². The number of methoxy groups -OCH3 is 1. The number of thiazole rings is 1. The second-order valence-corrected chi connectivity index (χ2v) is 8.27. The van der Waals surface area contributed by atoms with Crippen molar-refractivity contribution in [3.05, 3.63) is 33.8 Å². The van der Waals surface area contributed by atoms with Crippen molar-refractivity contribution in [3.63, 3.8) is 0 Å². The zero-order valence-electron chi connectivity index (χ0n) is 15.5. The third-order valence-electron chi connectivity index (χ3n) is 5.27. The maximum absolute atomic E-state index is 12.3. The summed E-state index contributed by atoms with van der Waals surface area (Å²) in [5, 5.41) is 6.17. The molecule has 5 nitrogen and oxygen atoms in total. The molecule has 0 bridgehead atoms. The molecule has 2 aromatic rings. The Morgan fingerprint density at radius 1 is 1.31 bits per heavy atom. The van der Waals surface area contributed by atoms with E-state index in [1.807, 2.05) is 6.07 Å². The molecule has 2 aliphatic rings. The maximum Gasteiger partial charge on any atom is 0.225 e. The third kappa shape index (κ3) is 3.07. The van der Waals surface area contributed by atoms with Crippen molar-refractivity contribution in [2.45, 2.75) is 44.9 Å². The fourth-order valence-electron chi connectivity index (χ4n) is 3.79. The highest BCUT2D eigenvalue weighted by molar-refractivity contribution is 7.09. The second-order valence-electron chi connectivity index (χ2n) is 7.38. The molecule has 0 aliphatic carbocycles. The zero-order chi connectivity index (χ0) is 18.3. The van der Waals surface area contributed by atoms with Crippen LogP contribution in [0.5, 0.6) is 5.75 Å². The molecular weight excluding hydrogens is 346 g/mol. The van der Waals surface area contributed by atoms with E-state index in [0.717, 1.165) is 46.5 Å². The molecule has 4 rings (SSSR count). The summed E-state index contributed by atoms with van der Waals surface area (Å²) in [6, 6.07) is 4.18. The molecule has 1 aromatic carbocycles. The first-order valence-electron chi connectivity index (χ1n) is 9.29. The largest absolute Gasteiger partial charge is 0.495 e. The number of nitrogens with one attached hydrogen (secondary N) is 1. The predicted molar refractivity (Wildman–Crippen MR) is 106 cm³/mol. The van der Waals surface area contributed by atoms with Crippen LogP contribution < -0.4 is 15.0 Å². The first-order valence-corrected chi connectivity index (χ1v) is 10.2. The Balaban J connectivity index is 1.79. The molecule has 0 saturated carbocycles. The number of carbonyl (C=O) groups excluding carboxylic acids is 1. The van der Waals surface area contributed by atoms with Crippen LogP contribution in [0.15, 0.2) is 17.5 Å². The van der Waals surface area contributed by atoms with Gasteiger partial charge in [0, 0.05) is 42.6 Å². The Hall–Kier alpha value is -2.08. The molecule has 1 aromatic heterocycles. The second kappa shape index (κ2) is 6.91. The van der Waals surface area contributed by atoms with Crippen LogP contribution in [0.1, 0.15) is 61.2 Å². The van der Waals surface area contributed by atoms with Gasteiger partial charge in [0.1, 0.15) is 10.8 Å². The van der Waals surface area contributed by atoms with Crippen LogP contribution in [0.4, 0.5) is 11.4 Å². The number of carbonyl (C=O) groups is 1. The molecule has 1 atom stereocenters. The number of fused-ring (bicyclic) bond motifs is 1. The first-order chi connectivity index (χ1) is 12.6. The van der Waals surface area contributed by atoms with Crippen LogP contribution in [0, 0.1) is 0 Å². The highest BCUT2D eigenvalue weighted by Crippen LogP contribution is 2.44. The van der Waals surface area contributed by atoms with Gasteiger partial charge >= 0.3 is 0 Å². The van der Waals surface area contributed by atoms with E-state index in [2.05, 4.69) is 35.5 Å². The molecule has 2 aliphatic heterocycles. The molecule has 0 spiro atoms. The van der Waals surface area contributed by atoms with Crippen molar-refractivity contribution in [1.29, 1.82) is 0 Å². The smallest absolute Gasteiger partial charge is 0.225 e. The van der Waals surface area contributed by atoms with Gasteiger partial charge in [0.2, 0.25) is 5.91 Å². The van der Waals surface area contributed by atoms with Crippen molar-refractivity contribution < 1.29 is 9.53 Å². The Bertz CT molecular complexity index is 824. The molecule has 1 saturated heterocycles. The summed E-state index contributed by atoms with van der Waals surface area (Å²) in [5.41, 5.74) is 4.24. The van der Waals surface area contributed by atoms with E-state index >= 15 is 0 Å². The van der Waals surface area contributed by atoms with Gasteiger partial charge in [-0.15, -0.1) is 11.3 Å². The monoisotopic (exact) mass is 371 g/mol. The molecule has 1 amide bonds. The highest BCUT2D eigenvalue weighted by Gasteiger charge is 2.31. The van der Waals surface area contributed by atoms with Crippen molar-refractivity contribution >= 4 is 28.6 Å². The van der Waals surface area contributed by atoms with Crippen LogP contribution in [0.25, 0.3) is 0 Å². The summed E-state index contributed by atoms with van der Waals surface area (Å²) in [5.74, 6) is 1.28. The average molecular weight is 372 g/mol. The fourth-order valence-corrected chi connectivity index (χ4v) is 4.89. The quantitative estimate of drug-likeness (QED) is 0.868. The van der Waals surface area contributed by atoms with E-state index in [0.29, 0.717) is 12.3 Å². The van der Waals surface area contributed by atoms with Gasteiger partial charge in [0.15, 0.2) is 0 Å². The minimum atomic E-state index is 0.0171. The number of nitrogens with zero attached hydrogens (tertiary/aromatic N) is 2. The summed E-state index contributed by atoms with van der Waals surface area (Å²) in [7, 11) is 1.69. The maximum atomic E-state index is 12.3. The number of aromatic nitrogens is 1. The summed E-state index contributed by atoms with van der Waals surface area (Å²) in [6.07, 6.45) is 2.87. The number of ether oxygens (including phenoxy) is 1. The fraction of sp³-hybridized carbons (Fsp3) is 0.500. The van der Waals surface area contributed by atoms with Gasteiger partial charge in [-0.3, -0.25) is 4.79 Å². The van der Waals surface area contributed by atoms with Crippen molar-refractivity contribution in [3.8, 4) is 5.75 Å². The van der Waals surface area contributed by atoms with E-state index in [4.69, 9.17) is 9.72 Å². The number of hydrogen-bond acceptors (Lipinski definition) is 5. The standard InChI is InChI=1S/C20H25N3O2S/c1-12(2)16-11-26-20(22-16)14-9-19(24)21-15-10-18(25-3)17(8-13(14)15)23-6-4-5-7-23/h8,10-12,14H,4-7,9H2,1-3H3,(H,21,24). The average Bonchev–Trinajstić information content (AvgIpc) is 3.31. The lowest BCUT2D eigenvalue weighted by atomic mass is 9.90. The number of anilines is 2. The zero-order valence-corrected chi connectivity index (χ0v) is 16.4. The first kappa shape index (κ1) is 17.3. The molecular formula is C20H25N3O2S. The Kier molecular flexibility index (Phi) is 4.61. The van der Waals surface area contributed by atoms with Gasteiger partial charge in [0.05, 0.1) is 18.5 Å². The molecule has 6 heteroatoms. The van der Waals surface area contributed by atoms with Gasteiger partial charge in [-0.05, 0) is 30.4 Å². The lowest BCUT2D eigenvalue weighted by Crippen LogP contribution is -2.25. The molecule has 0 radical (unpaired) electrons. The normalized spacial score (nSPS) is 19.6. The van der Waals surface area contributed by atoms with E-state index < -0.39 is 0 Å². The number of benzene rings is 1. The van der Waals surface area contributed by atoms with E-state index in [1.165, 1.54) is 12.8 Å². The van der Waals surface area contributed by atoms with Gasteiger partial charge < -0.3 is 15.0 Å². The molecule has 26 heavy (non-hydrogen) atoms. The van der Waals surface area contributed by atoms with Crippen molar-refractivity contribution in [2.75, 3.05) is 30.4 Å². The number of hydrogen-bond donors (Lipinski definition) is 1. The van der Waals surface area contributed by atoms with Gasteiger partial charge in [-0.25, -0.2) is 4.98 Å².